The van der Waals surface area contributed by atoms with E-state index in [9.17, 15) is 4.79 Å². The van der Waals surface area contributed by atoms with E-state index in [1.807, 2.05) is 13.8 Å². The van der Waals surface area contributed by atoms with E-state index in [-0.39, 0.29) is 11.3 Å². The Kier molecular flexibility index (Phi) is 5.95. The summed E-state index contributed by atoms with van der Waals surface area (Å²) in [6.45, 7) is 9.09. The third-order valence-corrected chi connectivity index (χ3v) is 5.37. The molecule has 0 aromatic carbocycles. The van der Waals surface area contributed by atoms with Crippen LogP contribution in [0.15, 0.2) is 0 Å². The summed E-state index contributed by atoms with van der Waals surface area (Å²) >= 11 is 5.13. The number of thiocarbonyl (C=S) groups is 1. The van der Waals surface area contributed by atoms with Crippen molar-refractivity contribution in [2.24, 2.45) is 16.6 Å². The second kappa shape index (κ2) is 6.85. The summed E-state index contributed by atoms with van der Waals surface area (Å²) in [6.07, 6.45) is 3.54. The van der Waals surface area contributed by atoms with Crippen molar-refractivity contribution < 1.29 is 4.79 Å². The Hall–Kier alpha value is -0.680. The highest BCUT2D eigenvalue weighted by Gasteiger charge is 2.39. The molecule has 1 saturated heterocycles. The second-order valence-corrected chi connectivity index (χ2v) is 6.89. The van der Waals surface area contributed by atoms with Gasteiger partial charge in [-0.1, -0.05) is 33.0 Å². The average molecular weight is 299 g/mol. The van der Waals surface area contributed by atoms with Crippen LogP contribution in [0.2, 0.25) is 0 Å². The predicted octanol–water partition coefficient (Wildman–Crippen LogP) is 1.93. The van der Waals surface area contributed by atoms with Crippen LogP contribution in [0.4, 0.5) is 0 Å². The maximum absolute atomic E-state index is 12.5. The maximum atomic E-state index is 12.5. The average Bonchev–Trinajstić information content (AvgIpc) is 2.42. The highest BCUT2D eigenvalue weighted by molar-refractivity contribution is 7.80. The van der Waals surface area contributed by atoms with Crippen LogP contribution in [0.5, 0.6) is 0 Å². The van der Waals surface area contributed by atoms with Gasteiger partial charge in [-0.2, -0.15) is 0 Å². The van der Waals surface area contributed by atoms with Gasteiger partial charge in [0.2, 0.25) is 5.91 Å². The molecule has 0 bridgehead atoms. The third-order valence-electron chi connectivity index (χ3n) is 4.98. The molecule has 1 fully saturated rings. The molecular formula is C15H29N3OS. The minimum atomic E-state index is -0.683. The molecule has 1 aliphatic heterocycles. The molecule has 0 unspecified atom stereocenters. The molecule has 4 nitrogen and oxygen atoms in total. The smallest absolute Gasteiger partial charge is 0.233 e. The number of amides is 1. The van der Waals surface area contributed by atoms with Crippen molar-refractivity contribution in [1.82, 2.24) is 10.2 Å². The number of nitrogens with zero attached hydrogens (tertiary/aromatic N) is 1. The molecule has 20 heavy (non-hydrogen) atoms. The standard InChI is InChI=1S/C15H29N3OS/c1-5-15(6-2,12(16)20)13(19)17-11-14(3)7-9-18(4)10-8-14/h5-11H2,1-4H3,(H2,16,20)(H,17,19). The molecule has 0 atom stereocenters. The zero-order valence-electron chi connectivity index (χ0n) is 13.3. The van der Waals surface area contributed by atoms with Gasteiger partial charge in [0.05, 0.1) is 10.4 Å². The molecule has 0 aliphatic carbocycles. The summed E-state index contributed by atoms with van der Waals surface area (Å²) in [4.78, 5) is 15.2. The number of rotatable bonds is 6. The van der Waals surface area contributed by atoms with Crippen LogP contribution in [0.1, 0.15) is 46.5 Å². The van der Waals surface area contributed by atoms with Crippen LogP contribution in [-0.4, -0.2) is 42.5 Å². The molecular weight excluding hydrogens is 270 g/mol. The van der Waals surface area contributed by atoms with E-state index in [2.05, 4.69) is 24.2 Å². The van der Waals surface area contributed by atoms with Gasteiger partial charge in [-0.25, -0.2) is 0 Å². The largest absolute Gasteiger partial charge is 0.392 e. The van der Waals surface area contributed by atoms with Crippen molar-refractivity contribution >= 4 is 23.1 Å². The lowest BCUT2D eigenvalue weighted by Gasteiger charge is -2.39. The summed E-state index contributed by atoms with van der Waals surface area (Å²) < 4.78 is 0. The normalized spacial score (nSPS) is 19.6. The monoisotopic (exact) mass is 299 g/mol. The Bertz CT molecular complexity index is 358. The number of nitrogens with one attached hydrogen (secondary N) is 1. The van der Waals surface area contributed by atoms with Gasteiger partial charge in [0, 0.05) is 6.54 Å². The zero-order valence-corrected chi connectivity index (χ0v) is 14.1. The Morgan fingerprint density at radius 1 is 1.35 bits per heavy atom. The topological polar surface area (TPSA) is 58.4 Å². The molecule has 0 aromatic rings. The summed E-state index contributed by atoms with van der Waals surface area (Å²) in [5.74, 6) is -0.00449. The first-order valence-corrected chi connectivity index (χ1v) is 7.97. The predicted molar refractivity (Wildman–Crippen MR) is 87.6 cm³/mol. The van der Waals surface area contributed by atoms with Crippen LogP contribution in [0, 0.1) is 10.8 Å². The summed E-state index contributed by atoms with van der Waals surface area (Å²) in [6, 6.07) is 0. The fraction of sp³-hybridized carbons (Fsp3) is 0.867. The Morgan fingerprint density at radius 2 is 1.85 bits per heavy atom. The van der Waals surface area contributed by atoms with Crippen molar-refractivity contribution in [3.05, 3.63) is 0 Å². The number of hydrogen-bond acceptors (Lipinski definition) is 3. The fourth-order valence-corrected chi connectivity index (χ4v) is 3.21. The molecule has 3 N–H and O–H groups in total. The molecule has 116 valence electrons. The quantitative estimate of drug-likeness (QED) is 0.736. The van der Waals surface area contributed by atoms with Gasteiger partial charge in [-0.3, -0.25) is 4.79 Å². The van der Waals surface area contributed by atoms with Gasteiger partial charge < -0.3 is 16.0 Å². The van der Waals surface area contributed by atoms with Gasteiger partial charge in [0.25, 0.3) is 0 Å². The van der Waals surface area contributed by atoms with E-state index in [0.29, 0.717) is 24.4 Å². The number of hydrogen-bond donors (Lipinski definition) is 2. The summed E-state index contributed by atoms with van der Waals surface area (Å²) in [5, 5.41) is 3.11. The SMILES string of the molecule is CCC(CC)(C(=O)NCC1(C)CCN(C)CC1)C(N)=S. The second-order valence-electron chi connectivity index (χ2n) is 6.45. The molecule has 5 heteroatoms. The first kappa shape index (κ1) is 17.4. The summed E-state index contributed by atoms with van der Waals surface area (Å²) in [5.41, 5.74) is 5.32. The van der Waals surface area contributed by atoms with Crippen LogP contribution < -0.4 is 11.1 Å². The van der Waals surface area contributed by atoms with Crippen molar-refractivity contribution in [2.75, 3.05) is 26.7 Å². The van der Waals surface area contributed by atoms with E-state index < -0.39 is 5.41 Å². The molecule has 0 aromatic heterocycles. The van der Waals surface area contributed by atoms with Gasteiger partial charge in [0.1, 0.15) is 0 Å². The number of piperidine rings is 1. The zero-order chi connectivity index (χ0) is 15.4. The van der Waals surface area contributed by atoms with E-state index >= 15 is 0 Å². The Labute approximate surface area is 128 Å². The number of carbonyl (C=O) groups excluding carboxylic acids is 1. The Balaban J connectivity index is 2.64. The number of nitrogens with two attached hydrogens (primary N) is 1. The third kappa shape index (κ3) is 3.70. The van der Waals surface area contributed by atoms with Gasteiger partial charge in [0.15, 0.2) is 0 Å². The number of carbonyl (C=O) groups is 1. The lowest BCUT2D eigenvalue weighted by atomic mass is 9.78. The highest BCUT2D eigenvalue weighted by atomic mass is 32.1. The fourth-order valence-electron chi connectivity index (χ4n) is 2.83. The van der Waals surface area contributed by atoms with E-state index in [1.54, 1.807) is 0 Å². The first-order valence-electron chi connectivity index (χ1n) is 7.56. The van der Waals surface area contributed by atoms with Crippen molar-refractivity contribution in [2.45, 2.75) is 46.5 Å². The van der Waals surface area contributed by atoms with Crippen LogP contribution in [0.3, 0.4) is 0 Å². The van der Waals surface area contributed by atoms with Crippen LogP contribution >= 0.6 is 12.2 Å². The van der Waals surface area contributed by atoms with Gasteiger partial charge in [-0.05, 0) is 51.2 Å². The number of likely N-dealkylation sites (tertiary alicyclic amines) is 1. The highest BCUT2D eigenvalue weighted by Crippen LogP contribution is 2.31. The minimum Gasteiger partial charge on any atom is -0.392 e. The molecule has 0 saturated carbocycles. The molecule has 1 heterocycles. The first-order chi connectivity index (χ1) is 9.29. The van der Waals surface area contributed by atoms with Crippen LogP contribution in [0.25, 0.3) is 0 Å². The van der Waals surface area contributed by atoms with Crippen molar-refractivity contribution in [3.63, 3.8) is 0 Å². The minimum absolute atomic E-state index is 0.00449. The lowest BCUT2D eigenvalue weighted by Crippen LogP contribution is -2.51. The Morgan fingerprint density at radius 3 is 2.25 bits per heavy atom. The molecule has 1 amide bonds. The lowest BCUT2D eigenvalue weighted by molar-refractivity contribution is -0.128. The summed E-state index contributed by atoms with van der Waals surface area (Å²) in [7, 11) is 2.14. The van der Waals surface area contributed by atoms with Crippen molar-refractivity contribution in [1.29, 1.82) is 0 Å². The van der Waals surface area contributed by atoms with Gasteiger partial charge in [-0.15, -0.1) is 0 Å². The molecule has 1 aliphatic rings. The van der Waals surface area contributed by atoms with E-state index in [0.717, 1.165) is 25.9 Å². The van der Waals surface area contributed by atoms with Crippen molar-refractivity contribution in [3.8, 4) is 0 Å². The van der Waals surface area contributed by atoms with Crippen LogP contribution in [-0.2, 0) is 4.79 Å². The molecule has 0 radical (unpaired) electrons. The van der Waals surface area contributed by atoms with Gasteiger partial charge >= 0.3 is 0 Å². The molecule has 0 spiro atoms. The molecule has 1 rings (SSSR count). The van der Waals surface area contributed by atoms with E-state index in [1.165, 1.54) is 0 Å². The van der Waals surface area contributed by atoms with E-state index in [4.69, 9.17) is 18.0 Å². The maximum Gasteiger partial charge on any atom is 0.233 e.